The van der Waals surface area contributed by atoms with Gasteiger partial charge in [-0.2, -0.15) is 5.10 Å². The molecule has 7 heteroatoms. The van der Waals surface area contributed by atoms with Crippen LogP contribution in [0.1, 0.15) is 22.8 Å². The van der Waals surface area contributed by atoms with E-state index in [2.05, 4.69) is 10.4 Å². The van der Waals surface area contributed by atoms with Gasteiger partial charge in [-0.05, 0) is 43.7 Å². The molecule has 0 bridgehead atoms. The average molecular weight is 317 g/mol. The van der Waals surface area contributed by atoms with Gasteiger partial charge in [-0.25, -0.2) is 9.48 Å². The summed E-state index contributed by atoms with van der Waals surface area (Å²) in [7, 11) is 1.38. The van der Waals surface area contributed by atoms with Gasteiger partial charge in [-0.15, -0.1) is 0 Å². The molecule has 7 nitrogen and oxygen atoms in total. The predicted octanol–water partition coefficient (Wildman–Crippen LogP) is 1.40. The van der Waals surface area contributed by atoms with E-state index in [0.717, 1.165) is 11.3 Å². The van der Waals surface area contributed by atoms with Crippen LogP contribution in [0.3, 0.4) is 0 Å². The highest BCUT2D eigenvalue weighted by Gasteiger charge is 2.35. The quantitative estimate of drug-likeness (QED) is 0.840. The highest BCUT2D eigenvalue weighted by atomic mass is 16.5. The number of carboxylic acids is 1. The van der Waals surface area contributed by atoms with E-state index in [0.29, 0.717) is 5.56 Å². The first kappa shape index (κ1) is 16.7. The number of carbonyl (C=O) groups is 2. The molecule has 2 rings (SSSR count). The standard InChI is InChI=1S/C16H19N3O4/c1-11-8-17-19(9-11)13-6-4-12(5-7-13)14(20)18-16(2,10-23-3)15(21)22/h4-9H,10H2,1-3H3,(H,18,20)(H,21,22). The van der Waals surface area contributed by atoms with E-state index in [9.17, 15) is 14.7 Å². The SMILES string of the molecule is COCC(C)(NC(=O)c1ccc(-n2cc(C)cn2)cc1)C(=O)O. The molecule has 1 amide bonds. The lowest BCUT2D eigenvalue weighted by atomic mass is 10.0. The zero-order valence-electron chi connectivity index (χ0n) is 13.2. The smallest absolute Gasteiger partial charge is 0.331 e. The number of hydrogen-bond acceptors (Lipinski definition) is 4. The van der Waals surface area contributed by atoms with Crippen LogP contribution in [-0.2, 0) is 9.53 Å². The van der Waals surface area contributed by atoms with Crippen LogP contribution < -0.4 is 5.32 Å². The Labute approximate surface area is 133 Å². The number of carboxylic acid groups (broad SMARTS) is 1. The largest absolute Gasteiger partial charge is 0.479 e. The highest BCUT2D eigenvalue weighted by molar-refractivity contribution is 5.97. The topological polar surface area (TPSA) is 93.5 Å². The molecule has 1 aromatic heterocycles. The van der Waals surface area contributed by atoms with E-state index >= 15 is 0 Å². The van der Waals surface area contributed by atoms with Crippen LogP contribution in [0, 0.1) is 6.92 Å². The minimum Gasteiger partial charge on any atom is -0.479 e. The number of amides is 1. The molecule has 0 spiro atoms. The molecule has 0 fully saturated rings. The summed E-state index contributed by atoms with van der Waals surface area (Å²) in [6, 6.07) is 6.74. The van der Waals surface area contributed by atoms with Crippen LogP contribution >= 0.6 is 0 Å². The van der Waals surface area contributed by atoms with Gasteiger partial charge in [0.05, 0.1) is 18.5 Å². The van der Waals surface area contributed by atoms with Gasteiger partial charge in [-0.1, -0.05) is 0 Å². The van der Waals surface area contributed by atoms with Gasteiger partial charge in [0.25, 0.3) is 5.91 Å². The molecule has 1 aromatic carbocycles. The lowest BCUT2D eigenvalue weighted by molar-refractivity contribution is -0.145. The third-order valence-corrected chi connectivity index (χ3v) is 3.40. The molecule has 122 valence electrons. The number of aryl methyl sites for hydroxylation is 1. The van der Waals surface area contributed by atoms with E-state index in [1.165, 1.54) is 14.0 Å². The van der Waals surface area contributed by atoms with Gasteiger partial charge in [0.2, 0.25) is 0 Å². The van der Waals surface area contributed by atoms with E-state index < -0.39 is 17.4 Å². The Kier molecular flexibility index (Phi) is 4.80. The molecule has 1 unspecified atom stereocenters. The van der Waals surface area contributed by atoms with Gasteiger partial charge >= 0.3 is 5.97 Å². The van der Waals surface area contributed by atoms with Crippen molar-refractivity contribution in [1.29, 1.82) is 0 Å². The second-order valence-corrected chi connectivity index (χ2v) is 5.53. The molecular formula is C16H19N3O4. The van der Waals surface area contributed by atoms with Gasteiger partial charge in [0.15, 0.2) is 5.54 Å². The number of methoxy groups -OCH3 is 1. The van der Waals surface area contributed by atoms with Crippen LogP contribution in [0.25, 0.3) is 5.69 Å². The number of nitrogens with one attached hydrogen (secondary N) is 1. The maximum atomic E-state index is 12.2. The molecule has 0 saturated heterocycles. The third-order valence-electron chi connectivity index (χ3n) is 3.40. The van der Waals surface area contributed by atoms with Gasteiger partial charge in [-0.3, -0.25) is 4.79 Å². The number of rotatable bonds is 6. The average Bonchev–Trinajstić information content (AvgIpc) is 2.94. The first-order valence-electron chi connectivity index (χ1n) is 7.02. The Morgan fingerprint density at radius 2 is 2.00 bits per heavy atom. The van der Waals surface area contributed by atoms with E-state index in [4.69, 9.17) is 4.74 Å². The van der Waals surface area contributed by atoms with Crippen molar-refractivity contribution in [1.82, 2.24) is 15.1 Å². The predicted molar refractivity (Wildman–Crippen MR) is 83.7 cm³/mol. The molecule has 0 aliphatic carbocycles. The third kappa shape index (κ3) is 3.75. The van der Waals surface area contributed by atoms with Crippen LogP contribution in [0.5, 0.6) is 0 Å². The van der Waals surface area contributed by atoms with Crippen molar-refractivity contribution in [3.63, 3.8) is 0 Å². The van der Waals surface area contributed by atoms with Crippen molar-refractivity contribution in [3.8, 4) is 5.69 Å². The van der Waals surface area contributed by atoms with Crippen molar-refractivity contribution >= 4 is 11.9 Å². The number of aromatic nitrogens is 2. The Morgan fingerprint density at radius 1 is 1.35 bits per heavy atom. The van der Waals surface area contributed by atoms with Crippen LogP contribution in [0.2, 0.25) is 0 Å². The van der Waals surface area contributed by atoms with Crippen molar-refractivity contribution in [2.75, 3.05) is 13.7 Å². The van der Waals surface area contributed by atoms with Crippen LogP contribution in [0.15, 0.2) is 36.7 Å². The monoisotopic (exact) mass is 317 g/mol. The van der Waals surface area contributed by atoms with Gasteiger partial charge in [0.1, 0.15) is 0 Å². The summed E-state index contributed by atoms with van der Waals surface area (Å²) >= 11 is 0. The Balaban J connectivity index is 2.15. The maximum absolute atomic E-state index is 12.2. The zero-order valence-corrected chi connectivity index (χ0v) is 13.2. The summed E-state index contributed by atoms with van der Waals surface area (Å²) in [5.41, 5.74) is 0.723. The van der Waals surface area contributed by atoms with E-state index in [1.54, 1.807) is 35.1 Å². The summed E-state index contributed by atoms with van der Waals surface area (Å²) in [4.78, 5) is 23.6. The van der Waals surface area contributed by atoms with E-state index in [-0.39, 0.29) is 6.61 Å². The summed E-state index contributed by atoms with van der Waals surface area (Å²) in [5, 5.41) is 15.9. The molecule has 2 aromatic rings. The maximum Gasteiger partial charge on any atom is 0.331 e. The fourth-order valence-corrected chi connectivity index (χ4v) is 2.08. The zero-order chi connectivity index (χ0) is 17.0. The number of aliphatic carboxylic acids is 1. The Bertz CT molecular complexity index is 708. The minimum atomic E-state index is -1.48. The first-order valence-corrected chi connectivity index (χ1v) is 7.02. The van der Waals surface area contributed by atoms with Crippen LogP contribution in [0.4, 0.5) is 0 Å². The highest BCUT2D eigenvalue weighted by Crippen LogP contribution is 2.12. The Morgan fingerprint density at radius 3 is 2.48 bits per heavy atom. The normalized spacial score (nSPS) is 13.3. The Hall–Kier alpha value is -2.67. The van der Waals surface area contributed by atoms with Crippen molar-refractivity contribution in [2.45, 2.75) is 19.4 Å². The summed E-state index contributed by atoms with van der Waals surface area (Å²) < 4.78 is 6.57. The van der Waals surface area contributed by atoms with Crippen molar-refractivity contribution in [3.05, 3.63) is 47.8 Å². The van der Waals surface area contributed by atoms with Crippen LogP contribution in [-0.4, -0.2) is 46.0 Å². The number of carbonyl (C=O) groups excluding carboxylic acids is 1. The minimum absolute atomic E-state index is 0.126. The molecule has 0 saturated carbocycles. The molecule has 2 N–H and O–H groups in total. The fourth-order valence-electron chi connectivity index (χ4n) is 2.08. The van der Waals surface area contributed by atoms with Crippen molar-refractivity contribution < 1.29 is 19.4 Å². The molecule has 23 heavy (non-hydrogen) atoms. The first-order chi connectivity index (χ1) is 10.9. The lowest BCUT2D eigenvalue weighted by Gasteiger charge is -2.25. The lowest BCUT2D eigenvalue weighted by Crippen LogP contribution is -2.55. The number of benzene rings is 1. The van der Waals surface area contributed by atoms with Gasteiger partial charge < -0.3 is 15.2 Å². The second-order valence-electron chi connectivity index (χ2n) is 5.53. The second kappa shape index (κ2) is 6.62. The summed E-state index contributed by atoms with van der Waals surface area (Å²) in [6.07, 6.45) is 3.61. The number of ether oxygens (including phenoxy) is 1. The molecule has 0 aliphatic rings. The number of hydrogen-bond donors (Lipinski definition) is 2. The van der Waals surface area contributed by atoms with E-state index in [1.807, 2.05) is 13.1 Å². The molecule has 1 atom stereocenters. The summed E-state index contributed by atoms with van der Waals surface area (Å²) in [5.74, 6) is -1.63. The molecule has 0 radical (unpaired) electrons. The van der Waals surface area contributed by atoms with Gasteiger partial charge in [0, 0.05) is 18.9 Å². The molecular weight excluding hydrogens is 298 g/mol. The summed E-state index contributed by atoms with van der Waals surface area (Å²) in [6.45, 7) is 3.21. The molecule has 0 aliphatic heterocycles. The molecule has 1 heterocycles. The number of nitrogens with zero attached hydrogens (tertiary/aromatic N) is 2. The van der Waals surface area contributed by atoms with Crippen molar-refractivity contribution in [2.24, 2.45) is 0 Å². The fraction of sp³-hybridized carbons (Fsp3) is 0.312.